The van der Waals surface area contributed by atoms with Crippen LogP contribution in [0.4, 0.5) is 0 Å². The van der Waals surface area contributed by atoms with E-state index < -0.39 is 11.5 Å². The molecule has 0 heterocycles. The SMILES string of the molecule is CCOCCN(C)CC(N)(C(=O)OCC)c1ccccc1. The molecule has 0 aliphatic heterocycles. The lowest BCUT2D eigenvalue weighted by Crippen LogP contribution is -2.54. The zero-order chi connectivity index (χ0) is 15.7. The van der Waals surface area contributed by atoms with Crippen LogP contribution in [0.25, 0.3) is 0 Å². The molecule has 21 heavy (non-hydrogen) atoms. The molecule has 0 aromatic heterocycles. The number of carbonyl (C=O) groups is 1. The van der Waals surface area contributed by atoms with Gasteiger partial charge >= 0.3 is 5.97 Å². The molecule has 1 atom stereocenters. The largest absolute Gasteiger partial charge is 0.464 e. The third kappa shape index (κ3) is 5.12. The number of carbonyl (C=O) groups excluding carboxylic acids is 1. The maximum absolute atomic E-state index is 12.3. The number of benzene rings is 1. The van der Waals surface area contributed by atoms with Crippen LogP contribution in [0.2, 0.25) is 0 Å². The highest BCUT2D eigenvalue weighted by atomic mass is 16.5. The summed E-state index contributed by atoms with van der Waals surface area (Å²) in [6.45, 7) is 6.42. The Labute approximate surface area is 127 Å². The molecule has 0 bridgehead atoms. The lowest BCUT2D eigenvalue weighted by Gasteiger charge is -2.32. The van der Waals surface area contributed by atoms with Crippen LogP contribution in [0.1, 0.15) is 19.4 Å². The second-order valence-electron chi connectivity index (χ2n) is 4.99. The smallest absolute Gasteiger partial charge is 0.332 e. The quantitative estimate of drug-likeness (QED) is 0.550. The second-order valence-corrected chi connectivity index (χ2v) is 4.99. The van der Waals surface area contributed by atoms with E-state index in [2.05, 4.69) is 0 Å². The molecule has 0 aliphatic rings. The number of hydrogen-bond acceptors (Lipinski definition) is 5. The molecule has 0 saturated carbocycles. The van der Waals surface area contributed by atoms with Crippen molar-refractivity contribution >= 4 is 5.97 Å². The summed E-state index contributed by atoms with van der Waals surface area (Å²) in [5, 5.41) is 0. The normalized spacial score (nSPS) is 14.0. The van der Waals surface area contributed by atoms with E-state index >= 15 is 0 Å². The van der Waals surface area contributed by atoms with Crippen LogP contribution >= 0.6 is 0 Å². The van der Waals surface area contributed by atoms with Crippen molar-refractivity contribution in [3.8, 4) is 0 Å². The summed E-state index contributed by atoms with van der Waals surface area (Å²) in [5.41, 5.74) is 5.98. The minimum absolute atomic E-state index is 0.313. The third-order valence-electron chi connectivity index (χ3n) is 3.27. The Balaban J connectivity index is 2.85. The number of hydrogen-bond donors (Lipinski definition) is 1. The molecule has 5 nitrogen and oxygen atoms in total. The van der Waals surface area contributed by atoms with Gasteiger partial charge < -0.3 is 20.1 Å². The van der Waals surface area contributed by atoms with Crippen molar-refractivity contribution in [1.29, 1.82) is 0 Å². The van der Waals surface area contributed by atoms with Crippen molar-refractivity contribution in [3.05, 3.63) is 35.9 Å². The predicted octanol–water partition coefficient (Wildman–Crippen LogP) is 1.37. The zero-order valence-corrected chi connectivity index (χ0v) is 13.2. The first kappa shape index (κ1) is 17.6. The van der Waals surface area contributed by atoms with E-state index in [-0.39, 0.29) is 0 Å². The Kier molecular flexibility index (Phi) is 7.36. The minimum Gasteiger partial charge on any atom is -0.464 e. The summed E-state index contributed by atoms with van der Waals surface area (Å²) >= 11 is 0. The lowest BCUT2D eigenvalue weighted by atomic mass is 9.90. The monoisotopic (exact) mass is 294 g/mol. The number of nitrogens with zero attached hydrogens (tertiary/aromatic N) is 1. The first-order valence-corrected chi connectivity index (χ1v) is 7.32. The zero-order valence-electron chi connectivity index (χ0n) is 13.2. The molecule has 1 aromatic rings. The molecule has 0 fully saturated rings. The van der Waals surface area contributed by atoms with Gasteiger partial charge in [0.1, 0.15) is 0 Å². The summed E-state index contributed by atoms with van der Waals surface area (Å²) in [6, 6.07) is 9.35. The number of nitrogens with two attached hydrogens (primary N) is 1. The van der Waals surface area contributed by atoms with E-state index in [0.717, 1.165) is 5.56 Å². The summed E-state index contributed by atoms with van der Waals surface area (Å²) in [4.78, 5) is 14.3. The van der Waals surface area contributed by atoms with Gasteiger partial charge in [-0.05, 0) is 26.5 Å². The first-order chi connectivity index (χ1) is 10.0. The van der Waals surface area contributed by atoms with Gasteiger partial charge in [0.05, 0.1) is 13.2 Å². The molecular formula is C16H26N2O3. The number of rotatable bonds is 9. The van der Waals surface area contributed by atoms with Crippen LogP contribution < -0.4 is 5.73 Å². The van der Waals surface area contributed by atoms with Gasteiger partial charge in [0.2, 0.25) is 0 Å². The summed E-state index contributed by atoms with van der Waals surface area (Å²) in [5.74, 6) is -0.403. The molecule has 118 valence electrons. The number of likely N-dealkylation sites (N-methyl/N-ethyl adjacent to an activating group) is 1. The molecule has 0 saturated heterocycles. The van der Waals surface area contributed by atoms with Crippen LogP contribution in [0.15, 0.2) is 30.3 Å². The Morgan fingerprint density at radius 1 is 1.24 bits per heavy atom. The lowest BCUT2D eigenvalue weighted by molar-refractivity contribution is -0.151. The van der Waals surface area contributed by atoms with Crippen molar-refractivity contribution in [2.45, 2.75) is 19.4 Å². The first-order valence-electron chi connectivity index (χ1n) is 7.32. The molecule has 1 unspecified atom stereocenters. The Hall–Kier alpha value is -1.43. The second kappa shape index (κ2) is 8.77. The molecule has 0 aliphatic carbocycles. The molecule has 2 N–H and O–H groups in total. The molecule has 1 rings (SSSR count). The maximum Gasteiger partial charge on any atom is 0.332 e. The van der Waals surface area contributed by atoms with Gasteiger partial charge in [0.25, 0.3) is 0 Å². The van der Waals surface area contributed by atoms with Crippen LogP contribution in [0.3, 0.4) is 0 Å². The van der Waals surface area contributed by atoms with Gasteiger partial charge in [-0.1, -0.05) is 30.3 Å². The minimum atomic E-state index is -1.17. The van der Waals surface area contributed by atoms with E-state index in [1.54, 1.807) is 6.92 Å². The van der Waals surface area contributed by atoms with E-state index in [4.69, 9.17) is 15.2 Å². The summed E-state index contributed by atoms with van der Waals surface area (Å²) in [7, 11) is 1.92. The molecule has 0 amide bonds. The van der Waals surface area contributed by atoms with Gasteiger partial charge in [0.15, 0.2) is 5.54 Å². The highest BCUT2D eigenvalue weighted by Crippen LogP contribution is 2.21. The van der Waals surface area contributed by atoms with Crippen molar-refractivity contribution in [3.63, 3.8) is 0 Å². The Morgan fingerprint density at radius 3 is 2.48 bits per heavy atom. The Morgan fingerprint density at radius 2 is 1.90 bits per heavy atom. The molecule has 0 spiro atoms. The van der Waals surface area contributed by atoms with Gasteiger partial charge in [-0.3, -0.25) is 0 Å². The highest BCUT2D eigenvalue weighted by Gasteiger charge is 2.38. The van der Waals surface area contributed by atoms with Crippen molar-refractivity contribution in [1.82, 2.24) is 4.90 Å². The number of ether oxygens (including phenoxy) is 2. The number of esters is 1. The van der Waals surface area contributed by atoms with E-state index in [1.807, 2.05) is 49.2 Å². The topological polar surface area (TPSA) is 64.8 Å². The fraction of sp³-hybridized carbons (Fsp3) is 0.562. The van der Waals surface area contributed by atoms with Crippen LogP contribution in [0.5, 0.6) is 0 Å². The van der Waals surface area contributed by atoms with E-state index in [9.17, 15) is 4.79 Å². The maximum atomic E-state index is 12.3. The highest BCUT2D eigenvalue weighted by molar-refractivity contribution is 5.82. The molecular weight excluding hydrogens is 268 g/mol. The molecule has 1 aromatic carbocycles. The van der Waals surface area contributed by atoms with Crippen LogP contribution in [-0.2, 0) is 19.8 Å². The van der Waals surface area contributed by atoms with E-state index in [0.29, 0.717) is 32.9 Å². The summed E-state index contributed by atoms with van der Waals surface area (Å²) in [6.07, 6.45) is 0. The van der Waals surface area contributed by atoms with Crippen LogP contribution in [-0.4, -0.2) is 50.8 Å². The van der Waals surface area contributed by atoms with Gasteiger partial charge in [-0.15, -0.1) is 0 Å². The molecule has 0 radical (unpaired) electrons. The Bertz CT molecular complexity index is 425. The van der Waals surface area contributed by atoms with Gasteiger partial charge in [0, 0.05) is 19.7 Å². The van der Waals surface area contributed by atoms with Gasteiger partial charge in [-0.2, -0.15) is 0 Å². The molecule has 5 heteroatoms. The third-order valence-corrected chi connectivity index (χ3v) is 3.27. The van der Waals surface area contributed by atoms with Crippen LogP contribution in [0, 0.1) is 0 Å². The van der Waals surface area contributed by atoms with Gasteiger partial charge in [-0.25, -0.2) is 4.79 Å². The standard InChI is InChI=1S/C16H26N2O3/c1-4-20-12-11-18(3)13-16(17,15(19)21-5-2)14-9-7-6-8-10-14/h6-10H,4-5,11-13,17H2,1-3H3. The van der Waals surface area contributed by atoms with Crippen molar-refractivity contribution in [2.75, 3.05) is 40.0 Å². The predicted molar refractivity (Wildman–Crippen MR) is 82.9 cm³/mol. The average Bonchev–Trinajstić information content (AvgIpc) is 2.48. The van der Waals surface area contributed by atoms with E-state index in [1.165, 1.54) is 0 Å². The summed E-state index contributed by atoms with van der Waals surface area (Å²) < 4.78 is 10.5. The van der Waals surface area contributed by atoms with Crippen molar-refractivity contribution in [2.24, 2.45) is 5.73 Å². The fourth-order valence-electron chi connectivity index (χ4n) is 2.14. The average molecular weight is 294 g/mol. The van der Waals surface area contributed by atoms with Crippen molar-refractivity contribution < 1.29 is 14.3 Å². The fourth-order valence-corrected chi connectivity index (χ4v) is 2.14.